The Morgan fingerprint density at radius 3 is 1.58 bits per heavy atom. The fraction of sp³-hybridized carbons (Fsp3) is 1.00. The van der Waals surface area contributed by atoms with Crippen LogP contribution in [-0.2, 0) is 0 Å². The van der Waals surface area contributed by atoms with Gasteiger partial charge in [0.2, 0.25) is 0 Å². The van der Waals surface area contributed by atoms with E-state index in [4.69, 9.17) is 0 Å². The molecule has 2 aliphatic rings. The summed E-state index contributed by atoms with van der Waals surface area (Å²) in [6.07, 6.45) is 4.49. The van der Waals surface area contributed by atoms with Crippen LogP contribution in [0, 0.1) is 53.3 Å². The van der Waals surface area contributed by atoms with Crippen LogP contribution in [0.15, 0.2) is 0 Å². The molecule has 2 fully saturated rings. The van der Waals surface area contributed by atoms with Crippen molar-refractivity contribution in [2.45, 2.75) is 67.7 Å². The van der Waals surface area contributed by atoms with Crippen LogP contribution in [0.3, 0.4) is 0 Å². The van der Waals surface area contributed by atoms with Gasteiger partial charge in [0.25, 0.3) is 0 Å². The quantitative estimate of drug-likeness (QED) is 0.539. The smallest absolute Gasteiger partial charge is 0.0352 e. The van der Waals surface area contributed by atoms with Gasteiger partial charge in [-0.05, 0) is 72.5 Å². The first-order valence-corrected chi connectivity index (χ1v) is 8.82. The Bertz CT molecular complexity index is 290. The molecule has 0 aromatic carbocycles. The van der Waals surface area contributed by atoms with Gasteiger partial charge in [-0.2, -0.15) is 0 Å². The van der Waals surface area contributed by atoms with Crippen molar-refractivity contribution in [3.05, 3.63) is 0 Å². The van der Waals surface area contributed by atoms with Crippen molar-refractivity contribution in [3.8, 4) is 0 Å². The molecule has 2 aliphatic carbocycles. The third-order valence-corrected chi connectivity index (χ3v) is 6.54. The van der Waals surface area contributed by atoms with Crippen LogP contribution in [0.4, 0.5) is 0 Å². The van der Waals surface area contributed by atoms with Gasteiger partial charge in [-0.25, -0.2) is 0 Å². The van der Waals surface area contributed by atoms with Crippen molar-refractivity contribution in [2.75, 3.05) is 0 Å². The summed E-state index contributed by atoms with van der Waals surface area (Å²) in [7, 11) is 0. The van der Waals surface area contributed by atoms with E-state index in [-0.39, 0.29) is 0 Å². The number of hydrogen-bond donors (Lipinski definition) is 0. The summed E-state index contributed by atoms with van der Waals surface area (Å²) in [5.74, 6) is 8.83. The second-order valence-corrected chi connectivity index (χ2v) is 8.66. The lowest BCUT2D eigenvalue weighted by atomic mass is 9.81. The van der Waals surface area contributed by atoms with E-state index in [2.05, 4.69) is 48.5 Å². The van der Waals surface area contributed by atoms with Gasteiger partial charge in [0, 0.05) is 0 Å². The van der Waals surface area contributed by atoms with E-state index in [0.717, 1.165) is 53.3 Å². The average Bonchev–Trinajstić information content (AvgIpc) is 3.17. The van der Waals surface area contributed by atoms with Crippen molar-refractivity contribution >= 4 is 0 Å². The lowest BCUT2D eigenvalue weighted by Gasteiger charge is -2.24. The molecule has 2 saturated carbocycles. The van der Waals surface area contributed by atoms with E-state index in [1.165, 1.54) is 19.3 Å². The molecule has 0 aromatic heterocycles. The van der Waals surface area contributed by atoms with Gasteiger partial charge in [-0.15, -0.1) is 0 Å². The second kappa shape index (κ2) is 5.78. The van der Waals surface area contributed by atoms with Crippen molar-refractivity contribution in [1.29, 1.82) is 0 Å². The van der Waals surface area contributed by atoms with Crippen LogP contribution in [-0.4, -0.2) is 0 Å². The highest BCUT2D eigenvalue weighted by Gasteiger charge is 2.46. The Balaban J connectivity index is 1.74. The molecule has 0 radical (unpaired) electrons. The normalized spacial score (nSPS) is 38.4. The van der Waals surface area contributed by atoms with Crippen molar-refractivity contribution < 1.29 is 0 Å². The van der Waals surface area contributed by atoms with Gasteiger partial charge in [0.05, 0.1) is 0 Å². The Hall–Kier alpha value is 0. The highest BCUT2D eigenvalue weighted by atomic mass is 14.5. The molecule has 0 aliphatic heterocycles. The minimum Gasteiger partial charge on any atom is -0.0625 e. The van der Waals surface area contributed by atoms with Gasteiger partial charge >= 0.3 is 0 Å². The summed E-state index contributed by atoms with van der Waals surface area (Å²) in [6.45, 7) is 17.2. The molecule has 0 nitrogen and oxygen atoms in total. The van der Waals surface area contributed by atoms with Gasteiger partial charge in [-0.1, -0.05) is 48.5 Å². The standard InChI is InChI=1S/C19H36/c1-11(2)16-9-18(16)14(6)8-13(5)15(7)19-10-17(19)12(3)4/h11-19H,8-10H2,1-7H3. The lowest BCUT2D eigenvalue weighted by molar-refractivity contribution is 0.250. The maximum Gasteiger partial charge on any atom is -0.0352 e. The highest BCUT2D eigenvalue weighted by Crippen LogP contribution is 2.54. The predicted octanol–water partition coefficient (Wildman–Crippen LogP) is 5.87. The summed E-state index contributed by atoms with van der Waals surface area (Å²) in [4.78, 5) is 0. The molecular weight excluding hydrogens is 228 g/mol. The van der Waals surface area contributed by atoms with Crippen LogP contribution in [0.25, 0.3) is 0 Å². The van der Waals surface area contributed by atoms with Crippen molar-refractivity contribution in [2.24, 2.45) is 53.3 Å². The first-order valence-electron chi connectivity index (χ1n) is 8.82. The van der Waals surface area contributed by atoms with Crippen LogP contribution < -0.4 is 0 Å². The topological polar surface area (TPSA) is 0 Å². The largest absolute Gasteiger partial charge is 0.0625 e. The molecule has 2 rings (SSSR count). The molecule has 0 heteroatoms. The summed E-state index contributed by atoms with van der Waals surface area (Å²) >= 11 is 0. The van der Waals surface area contributed by atoms with Crippen molar-refractivity contribution in [1.82, 2.24) is 0 Å². The zero-order valence-electron chi connectivity index (χ0n) is 14.3. The van der Waals surface area contributed by atoms with E-state index >= 15 is 0 Å². The fourth-order valence-corrected chi connectivity index (χ4v) is 4.66. The second-order valence-electron chi connectivity index (χ2n) is 8.66. The predicted molar refractivity (Wildman–Crippen MR) is 85.0 cm³/mol. The number of hydrogen-bond acceptors (Lipinski definition) is 0. The van der Waals surface area contributed by atoms with E-state index in [1.807, 2.05) is 0 Å². The molecule has 0 amide bonds. The zero-order chi connectivity index (χ0) is 14.3. The summed E-state index contributed by atoms with van der Waals surface area (Å²) < 4.78 is 0. The molecule has 0 aromatic rings. The average molecular weight is 264 g/mol. The van der Waals surface area contributed by atoms with E-state index in [0.29, 0.717) is 0 Å². The monoisotopic (exact) mass is 264 g/mol. The Labute approximate surface area is 121 Å². The molecule has 0 spiro atoms. The highest BCUT2D eigenvalue weighted by molar-refractivity contribution is 4.95. The Kier molecular flexibility index (Phi) is 4.68. The van der Waals surface area contributed by atoms with Gasteiger partial charge in [0.1, 0.15) is 0 Å². The fourth-order valence-electron chi connectivity index (χ4n) is 4.66. The maximum absolute atomic E-state index is 2.53. The Morgan fingerprint density at radius 2 is 1.16 bits per heavy atom. The third-order valence-electron chi connectivity index (χ3n) is 6.54. The molecule has 7 unspecified atom stereocenters. The summed E-state index contributed by atoms with van der Waals surface area (Å²) in [5.41, 5.74) is 0. The van der Waals surface area contributed by atoms with Gasteiger partial charge in [0.15, 0.2) is 0 Å². The summed E-state index contributed by atoms with van der Waals surface area (Å²) in [6, 6.07) is 0. The Morgan fingerprint density at radius 1 is 0.684 bits per heavy atom. The van der Waals surface area contributed by atoms with Crippen LogP contribution in [0.1, 0.15) is 67.7 Å². The van der Waals surface area contributed by atoms with Gasteiger partial charge < -0.3 is 0 Å². The van der Waals surface area contributed by atoms with Crippen LogP contribution in [0.5, 0.6) is 0 Å². The van der Waals surface area contributed by atoms with E-state index < -0.39 is 0 Å². The molecule has 7 atom stereocenters. The maximum atomic E-state index is 2.53. The molecule has 0 heterocycles. The van der Waals surface area contributed by atoms with Crippen LogP contribution in [0.2, 0.25) is 0 Å². The molecule has 19 heavy (non-hydrogen) atoms. The molecule has 112 valence electrons. The minimum absolute atomic E-state index is 0.908. The first-order chi connectivity index (χ1) is 8.82. The molecule has 0 saturated heterocycles. The minimum atomic E-state index is 0.908. The third kappa shape index (κ3) is 3.56. The first kappa shape index (κ1) is 15.4. The molecule has 0 bridgehead atoms. The molecule has 0 N–H and O–H groups in total. The zero-order valence-corrected chi connectivity index (χ0v) is 14.3. The van der Waals surface area contributed by atoms with E-state index in [9.17, 15) is 0 Å². The van der Waals surface area contributed by atoms with Gasteiger partial charge in [-0.3, -0.25) is 0 Å². The lowest BCUT2D eigenvalue weighted by Crippen LogP contribution is -2.17. The number of rotatable bonds is 7. The van der Waals surface area contributed by atoms with Crippen molar-refractivity contribution in [3.63, 3.8) is 0 Å². The summed E-state index contributed by atoms with van der Waals surface area (Å²) in [5, 5.41) is 0. The van der Waals surface area contributed by atoms with E-state index in [1.54, 1.807) is 0 Å². The van der Waals surface area contributed by atoms with Crippen LogP contribution >= 0.6 is 0 Å². The SMILES string of the molecule is CC(C)C1CC1C(C)CC(C)C(C)C1CC1C(C)C. The molecular formula is C19H36.